The van der Waals surface area contributed by atoms with E-state index in [4.69, 9.17) is 21.1 Å². The SMILES string of the molecule is CCNC(CCC(C)(C)OC)c1cc(Cl)ccc1OC. The number of hydrogen-bond acceptors (Lipinski definition) is 3. The van der Waals surface area contributed by atoms with Gasteiger partial charge in [0.2, 0.25) is 0 Å². The topological polar surface area (TPSA) is 30.5 Å². The highest BCUT2D eigenvalue weighted by Crippen LogP contribution is 2.32. The van der Waals surface area contributed by atoms with Crippen LogP contribution in [0.15, 0.2) is 18.2 Å². The molecule has 0 saturated heterocycles. The number of nitrogens with one attached hydrogen (secondary N) is 1. The summed E-state index contributed by atoms with van der Waals surface area (Å²) in [5.74, 6) is 0.871. The molecule has 0 aromatic heterocycles. The Hall–Kier alpha value is -0.770. The molecule has 0 aliphatic rings. The van der Waals surface area contributed by atoms with Crippen LogP contribution in [0.5, 0.6) is 5.75 Å². The van der Waals surface area contributed by atoms with Crippen molar-refractivity contribution >= 4 is 11.6 Å². The molecule has 1 atom stereocenters. The highest BCUT2D eigenvalue weighted by molar-refractivity contribution is 6.30. The second-order valence-corrected chi connectivity index (χ2v) is 5.94. The van der Waals surface area contributed by atoms with Crippen molar-refractivity contribution < 1.29 is 9.47 Å². The van der Waals surface area contributed by atoms with Crippen molar-refractivity contribution in [1.82, 2.24) is 5.32 Å². The van der Waals surface area contributed by atoms with E-state index in [2.05, 4.69) is 26.1 Å². The van der Waals surface area contributed by atoms with Gasteiger partial charge in [-0.25, -0.2) is 0 Å². The maximum absolute atomic E-state index is 6.13. The third-order valence-electron chi connectivity index (χ3n) is 3.61. The van der Waals surface area contributed by atoms with Crippen molar-refractivity contribution in [1.29, 1.82) is 0 Å². The fourth-order valence-corrected chi connectivity index (χ4v) is 2.37. The van der Waals surface area contributed by atoms with E-state index in [0.717, 1.165) is 35.7 Å². The van der Waals surface area contributed by atoms with Crippen LogP contribution in [-0.4, -0.2) is 26.4 Å². The second kappa shape index (κ2) is 7.87. The quantitative estimate of drug-likeness (QED) is 0.780. The largest absolute Gasteiger partial charge is 0.496 e. The van der Waals surface area contributed by atoms with Crippen LogP contribution in [0.2, 0.25) is 5.02 Å². The normalized spacial score (nSPS) is 13.3. The fourth-order valence-electron chi connectivity index (χ4n) is 2.19. The van der Waals surface area contributed by atoms with Gasteiger partial charge < -0.3 is 14.8 Å². The molecule has 3 nitrogen and oxygen atoms in total. The van der Waals surface area contributed by atoms with Crippen LogP contribution in [0.3, 0.4) is 0 Å². The predicted molar refractivity (Wildman–Crippen MR) is 84.7 cm³/mol. The smallest absolute Gasteiger partial charge is 0.123 e. The zero-order valence-corrected chi connectivity index (χ0v) is 13.9. The van der Waals surface area contributed by atoms with Crippen molar-refractivity contribution in [2.24, 2.45) is 0 Å². The summed E-state index contributed by atoms with van der Waals surface area (Å²) in [5, 5.41) is 4.23. The van der Waals surface area contributed by atoms with Gasteiger partial charge in [-0.05, 0) is 51.4 Å². The van der Waals surface area contributed by atoms with Gasteiger partial charge in [-0.2, -0.15) is 0 Å². The van der Waals surface area contributed by atoms with Gasteiger partial charge in [-0.15, -0.1) is 0 Å². The molecule has 0 fully saturated rings. The molecule has 1 aromatic carbocycles. The molecule has 20 heavy (non-hydrogen) atoms. The molecule has 4 heteroatoms. The molecular formula is C16H26ClNO2. The number of hydrogen-bond donors (Lipinski definition) is 1. The Bertz CT molecular complexity index is 421. The average molecular weight is 300 g/mol. The molecule has 1 unspecified atom stereocenters. The van der Waals surface area contributed by atoms with Crippen molar-refractivity contribution in [3.8, 4) is 5.75 Å². The molecule has 0 spiro atoms. The van der Waals surface area contributed by atoms with E-state index in [1.807, 2.05) is 18.2 Å². The minimum Gasteiger partial charge on any atom is -0.496 e. The summed E-state index contributed by atoms with van der Waals surface area (Å²) in [6.45, 7) is 7.20. The molecule has 0 radical (unpaired) electrons. The molecule has 0 aliphatic carbocycles. The minimum atomic E-state index is -0.126. The van der Waals surface area contributed by atoms with Crippen molar-refractivity contribution in [3.05, 3.63) is 28.8 Å². The molecule has 1 rings (SSSR count). The van der Waals surface area contributed by atoms with Crippen LogP contribution in [0.1, 0.15) is 45.2 Å². The highest BCUT2D eigenvalue weighted by Gasteiger charge is 2.22. The van der Waals surface area contributed by atoms with Gasteiger partial charge in [-0.3, -0.25) is 0 Å². The zero-order chi connectivity index (χ0) is 15.2. The predicted octanol–water partition coefficient (Wildman–Crippen LogP) is 4.20. The number of halogens is 1. The van der Waals surface area contributed by atoms with E-state index < -0.39 is 0 Å². The lowest BCUT2D eigenvalue weighted by Gasteiger charge is -2.27. The van der Waals surface area contributed by atoms with Gasteiger partial charge in [0.05, 0.1) is 12.7 Å². The van der Waals surface area contributed by atoms with E-state index in [9.17, 15) is 0 Å². The summed E-state index contributed by atoms with van der Waals surface area (Å²) < 4.78 is 11.0. The van der Waals surface area contributed by atoms with Gasteiger partial charge in [0.25, 0.3) is 0 Å². The first-order valence-electron chi connectivity index (χ1n) is 7.05. The van der Waals surface area contributed by atoms with Crippen LogP contribution in [0, 0.1) is 0 Å². The van der Waals surface area contributed by atoms with E-state index in [1.165, 1.54) is 0 Å². The van der Waals surface area contributed by atoms with Gasteiger partial charge in [-0.1, -0.05) is 18.5 Å². The number of benzene rings is 1. The van der Waals surface area contributed by atoms with E-state index >= 15 is 0 Å². The summed E-state index contributed by atoms with van der Waals surface area (Å²) in [6, 6.07) is 5.96. The number of methoxy groups -OCH3 is 2. The summed E-state index contributed by atoms with van der Waals surface area (Å²) in [6.07, 6.45) is 1.92. The second-order valence-electron chi connectivity index (χ2n) is 5.50. The third-order valence-corrected chi connectivity index (χ3v) is 3.84. The van der Waals surface area contributed by atoms with Gasteiger partial charge in [0.1, 0.15) is 5.75 Å². The first kappa shape index (κ1) is 17.3. The van der Waals surface area contributed by atoms with Crippen LogP contribution < -0.4 is 10.1 Å². The standard InChI is InChI=1S/C16H26ClNO2/c1-6-18-14(9-10-16(2,3)20-5)13-11-12(17)7-8-15(13)19-4/h7-8,11,14,18H,6,9-10H2,1-5H3. The van der Waals surface area contributed by atoms with Crippen molar-refractivity contribution in [2.45, 2.75) is 45.3 Å². The van der Waals surface area contributed by atoms with E-state index in [-0.39, 0.29) is 11.6 Å². The molecule has 114 valence electrons. The molecule has 1 N–H and O–H groups in total. The first-order chi connectivity index (χ1) is 9.43. The zero-order valence-electron chi connectivity index (χ0n) is 13.1. The lowest BCUT2D eigenvalue weighted by Crippen LogP contribution is -2.27. The Morgan fingerprint density at radius 2 is 2.00 bits per heavy atom. The Morgan fingerprint density at radius 1 is 1.30 bits per heavy atom. The molecule has 0 aliphatic heterocycles. The molecule has 0 heterocycles. The minimum absolute atomic E-state index is 0.126. The molecule has 0 amide bonds. The maximum atomic E-state index is 6.13. The van der Waals surface area contributed by atoms with Gasteiger partial charge >= 0.3 is 0 Å². The Balaban J connectivity index is 2.92. The molecule has 1 aromatic rings. The molecular weight excluding hydrogens is 274 g/mol. The molecule has 0 bridgehead atoms. The third kappa shape index (κ3) is 4.97. The first-order valence-corrected chi connectivity index (χ1v) is 7.43. The van der Waals surface area contributed by atoms with Crippen LogP contribution in [0.25, 0.3) is 0 Å². The summed E-state index contributed by atoms with van der Waals surface area (Å²) in [7, 11) is 3.44. The maximum Gasteiger partial charge on any atom is 0.123 e. The summed E-state index contributed by atoms with van der Waals surface area (Å²) >= 11 is 6.13. The van der Waals surface area contributed by atoms with Crippen molar-refractivity contribution in [2.75, 3.05) is 20.8 Å². The van der Waals surface area contributed by atoms with Crippen LogP contribution in [-0.2, 0) is 4.74 Å². The van der Waals surface area contributed by atoms with Crippen molar-refractivity contribution in [3.63, 3.8) is 0 Å². The monoisotopic (exact) mass is 299 g/mol. The van der Waals surface area contributed by atoms with Crippen LogP contribution in [0.4, 0.5) is 0 Å². The Morgan fingerprint density at radius 3 is 2.55 bits per heavy atom. The van der Waals surface area contributed by atoms with Crippen LogP contribution >= 0.6 is 11.6 Å². The number of ether oxygens (including phenoxy) is 2. The Labute approximate surface area is 127 Å². The molecule has 0 saturated carbocycles. The summed E-state index contributed by atoms with van der Waals surface area (Å²) in [4.78, 5) is 0. The lowest BCUT2D eigenvalue weighted by molar-refractivity contribution is 0.0116. The fraction of sp³-hybridized carbons (Fsp3) is 0.625. The average Bonchev–Trinajstić information content (AvgIpc) is 2.43. The highest BCUT2D eigenvalue weighted by atomic mass is 35.5. The van der Waals surface area contributed by atoms with Gasteiger partial charge in [0.15, 0.2) is 0 Å². The summed E-state index contributed by atoms with van der Waals surface area (Å²) in [5.41, 5.74) is 0.980. The van der Waals surface area contributed by atoms with Gasteiger partial charge in [0, 0.05) is 23.7 Å². The Kier molecular flexibility index (Phi) is 6.80. The lowest BCUT2D eigenvalue weighted by atomic mass is 9.94. The van der Waals surface area contributed by atoms with E-state index in [1.54, 1.807) is 14.2 Å². The number of rotatable bonds is 8. The van der Waals surface area contributed by atoms with E-state index in [0.29, 0.717) is 0 Å².